The summed E-state index contributed by atoms with van der Waals surface area (Å²) in [6.07, 6.45) is 58.8. The fraction of sp³-hybridized carbons (Fsp3) is 0.562. The van der Waals surface area contributed by atoms with Crippen LogP contribution >= 0.6 is 0 Å². The minimum absolute atomic E-state index is 0.0629. The molecule has 10 heteroatoms. The van der Waals surface area contributed by atoms with E-state index in [1.54, 1.807) is 11.4 Å². The van der Waals surface area contributed by atoms with Crippen LogP contribution in [0.15, 0.2) is 270 Å². The van der Waals surface area contributed by atoms with Crippen molar-refractivity contribution in [2.75, 3.05) is 24.5 Å². The van der Waals surface area contributed by atoms with Crippen LogP contribution in [0.4, 0.5) is 28.4 Å². The number of para-hydroxylation sites is 5. The summed E-state index contributed by atoms with van der Waals surface area (Å²) in [7, 11) is 0. The third-order valence-corrected chi connectivity index (χ3v) is 35.2. The van der Waals surface area contributed by atoms with Gasteiger partial charge in [-0.25, -0.2) is 0 Å². The molecule has 15 aliphatic rings. The Bertz CT molecular complexity index is 5740. The SMILES string of the molecule is CC1=C2N(C=CC2(C)C)C(C(C)(C)C)N1c1ccccc1C.CC1=C2N(C=CC2(C)c2ccccc2)C(C(C)(C)C)N1c1ccccc1C.CC1=C2N(C=CC2(C2CCCCC2)C2CCCC2)C(C(C)(C)C)N1c1ccccc1C.CC1=C2N(C=CC2(C2CCCCC2)C2CCCCC2)C(C(C)(C)C)N1c1ccccc1C.[2H]C1(C2CCCCC2)C=CN2C1=C(C)N(c1ccccc1C)C2C(C)(C)C. The molecule has 0 N–H and O–H groups in total. The minimum atomic E-state index is -0.578. The molecule has 10 aliphatic heterocycles. The molecule has 0 bridgehead atoms. The normalized spacial score (nSPS) is 27.2. The first-order valence-electron chi connectivity index (χ1n) is 55.1. The van der Waals surface area contributed by atoms with Crippen molar-refractivity contribution < 1.29 is 1.37 Å². The second kappa shape index (κ2) is 38.9. The Morgan fingerprint density at radius 2 is 0.514 bits per heavy atom. The highest BCUT2D eigenvalue weighted by molar-refractivity contribution is 5.69. The monoisotopic (exact) mass is 1860 g/mol. The number of rotatable bonds is 11. The number of anilines is 5. The number of aryl methyl sites for hydroxylation is 5. The molecule has 8 atom stereocenters. The predicted octanol–water partition coefficient (Wildman–Crippen LogP) is 34.3. The van der Waals surface area contributed by atoms with Gasteiger partial charge in [0.2, 0.25) is 0 Å². The van der Waals surface area contributed by atoms with Gasteiger partial charge in [0.05, 0.1) is 11.1 Å². The van der Waals surface area contributed by atoms with Crippen molar-refractivity contribution in [2.45, 2.75) is 384 Å². The summed E-state index contributed by atoms with van der Waals surface area (Å²) in [5, 5.41) is 0. The molecule has 10 nitrogen and oxygen atoms in total. The van der Waals surface area contributed by atoms with E-state index in [0.717, 1.165) is 23.7 Å². The van der Waals surface area contributed by atoms with E-state index in [1.807, 2.05) is 0 Å². The molecule has 0 aromatic heterocycles. The lowest BCUT2D eigenvalue weighted by Gasteiger charge is -2.48. The maximum absolute atomic E-state index is 9.52. The first-order valence-corrected chi connectivity index (χ1v) is 54.6. The van der Waals surface area contributed by atoms with E-state index < -0.39 is 5.89 Å². The van der Waals surface area contributed by atoms with Gasteiger partial charge in [-0.15, -0.1) is 0 Å². The van der Waals surface area contributed by atoms with Crippen LogP contribution in [0, 0.1) is 113 Å². The number of hydrogen-bond acceptors (Lipinski definition) is 10. The van der Waals surface area contributed by atoms with E-state index in [1.165, 1.54) is 261 Å². The molecule has 0 saturated heterocycles. The fourth-order valence-electron chi connectivity index (χ4n) is 29.4. The molecule has 138 heavy (non-hydrogen) atoms. The predicted molar refractivity (Wildman–Crippen MR) is 587 cm³/mol. The van der Waals surface area contributed by atoms with Crippen molar-refractivity contribution in [3.63, 3.8) is 0 Å². The van der Waals surface area contributed by atoms with Crippen LogP contribution in [-0.2, 0) is 5.41 Å². The van der Waals surface area contributed by atoms with Gasteiger partial charge in [-0.3, -0.25) is 0 Å². The van der Waals surface area contributed by atoms with E-state index in [4.69, 9.17) is 0 Å². The second-order valence-corrected chi connectivity index (χ2v) is 50.7. The number of allylic oxidation sites excluding steroid dienone is 10. The van der Waals surface area contributed by atoms with Crippen LogP contribution in [0.5, 0.6) is 0 Å². The Morgan fingerprint density at radius 1 is 0.261 bits per heavy atom. The second-order valence-electron chi connectivity index (χ2n) is 50.7. The summed E-state index contributed by atoms with van der Waals surface area (Å²) < 4.78 is 9.52. The molecule has 8 unspecified atom stereocenters. The van der Waals surface area contributed by atoms with E-state index in [9.17, 15) is 1.37 Å². The Balaban J connectivity index is 0.000000121. The van der Waals surface area contributed by atoms with Crippen LogP contribution in [0.25, 0.3) is 0 Å². The smallest absolute Gasteiger partial charge is 0.115 e. The zero-order valence-corrected chi connectivity index (χ0v) is 90.9. The molecule has 0 radical (unpaired) electrons. The molecule has 6 aromatic rings. The zero-order chi connectivity index (χ0) is 99.4. The Labute approximate surface area is 839 Å². The average molecular weight is 1860 g/mol. The van der Waals surface area contributed by atoms with Crippen molar-refractivity contribution in [1.29, 1.82) is 0 Å². The summed E-state index contributed by atoms with van der Waals surface area (Å²) in [6, 6.07) is 55.0. The van der Waals surface area contributed by atoms with Crippen LogP contribution in [0.2, 0.25) is 0 Å². The highest BCUT2D eigenvalue weighted by atomic mass is 15.5. The molecule has 5 fully saturated rings. The van der Waals surface area contributed by atoms with Gasteiger partial charge < -0.3 is 49.0 Å². The molecule has 0 amide bonds. The summed E-state index contributed by atoms with van der Waals surface area (Å²) >= 11 is 0. The number of nitrogens with zero attached hydrogens (tertiary/aromatic N) is 10. The van der Waals surface area contributed by atoms with Gasteiger partial charge in [0.15, 0.2) is 0 Å². The lowest BCUT2D eigenvalue weighted by Crippen LogP contribution is -2.48. The van der Waals surface area contributed by atoms with Crippen molar-refractivity contribution in [3.05, 3.63) is 303 Å². The van der Waals surface area contributed by atoms with Gasteiger partial charge in [0, 0.05) is 161 Å². The number of fused-ring (bicyclic) bond motifs is 5. The van der Waals surface area contributed by atoms with Crippen molar-refractivity contribution in [1.82, 2.24) is 24.5 Å². The molecule has 21 rings (SSSR count). The van der Waals surface area contributed by atoms with E-state index in [2.05, 4.69) is 456 Å². The first-order chi connectivity index (χ1) is 65.8. The van der Waals surface area contributed by atoms with E-state index in [0.29, 0.717) is 24.4 Å². The third-order valence-electron chi connectivity index (χ3n) is 35.2. The largest absolute Gasteiger partial charge is 0.328 e. The van der Waals surface area contributed by atoms with Crippen molar-refractivity contribution in [3.8, 4) is 0 Å². The van der Waals surface area contributed by atoms with Crippen LogP contribution < -0.4 is 24.5 Å². The van der Waals surface area contributed by atoms with Gasteiger partial charge >= 0.3 is 0 Å². The van der Waals surface area contributed by atoms with Gasteiger partial charge in [0.1, 0.15) is 30.8 Å². The summed E-state index contributed by atoms with van der Waals surface area (Å²) in [5.41, 5.74) is 30.2. The molecule has 10 heterocycles. The lowest BCUT2D eigenvalue weighted by molar-refractivity contribution is 0.0837. The van der Waals surface area contributed by atoms with Crippen molar-refractivity contribution in [2.24, 2.45) is 78.8 Å². The lowest BCUT2D eigenvalue weighted by atomic mass is 9.57. The number of benzene rings is 6. The van der Waals surface area contributed by atoms with Crippen LogP contribution in [-0.4, -0.2) is 55.3 Å². The van der Waals surface area contributed by atoms with Gasteiger partial charge in [-0.1, -0.05) is 359 Å². The third kappa shape index (κ3) is 18.0. The summed E-state index contributed by atoms with van der Waals surface area (Å²) in [6.45, 7) is 65.3. The maximum atomic E-state index is 9.52. The number of hydrogen-bond donors (Lipinski definition) is 0. The maximum Gasteiger partial charge on any atom is 0.115 e. The summed E-state index contributed by atoms with van der Waals surface area (Å²) in [5.74, 6) is 3.11. The van der Waals surface area contributed by atoms with Crippen LogP contribution in [0.1, 0.15) is 348 Å². The minimum Gasteiger partial charge on any atom is -0.328 e. The fourth-order valence-corrected chi connectivity index (χ4v) is 29.4. The Kier molecular flexibility index (Phi) is 27.8. The molecule has 5 aliphatic carbocycles. The van der Waals surface area contributed by atoms with Gasteiger partial charge in [-0.05, 0) is 234 Å². The first kappa shape index (κ1) is 98.9. The van der Waals surface area contributed by atoms with Gasteiger partial charge in [0.25, 0.3) is 0 Å². The zero-order valence-electron chi connectivity index (χ0n) is 91.9. The Hall–Kier alpha value is -9.28. The molecule has 5 saturated carbocycles. The molecule has 0 spiro atoms. The topological polar surface area (TPSA) is 32.4 Å². The molecular weight excluding hydrogens is 1680 g/mol. The average Bonchev–Trinajstić information content (AvgIpc) is 1.54. The van der Waals surface area contributed by atoms with Crippen LogP contribution in [0.3, 0.4) is 0 Å². The standard InChI is InChI=1S/C30H44N2.C29H42N2.C25H30N2.C24H34N2.C20H28N2/c1-22-14-12-13-19-26(22)32-23(2)27-30(24-15-8-6-9-16-24,25-17-10-7-11-18-25)20-21-31(27)28(32)29(3,4)5;1-21-13-9-12-18-25(21)31-22(2)26-29(24-16-10-11-17-24,23-14-7-6-8-15-23)19-20-30(26)27(31)28(3,4)5;1-18-12-10-11-15-21(18)27-19(2)22-25(6,20-13-8-7-9-14-20)16-17-26(22)23(27)24(3,4)5;1-17-11-9-10-14-21(17)26-18(2)22-20(19-12-7-6-8-13-19)15-16-25(22)23(26)24(3,4)5;1-14-10-8-9-11-16(14)22-15(2)17-20(6,7)12-13-21(17)18(22)19(3,4)5/h12-14,19-21,24-25,28H,6-11,15-18H2,1-5H3;9,12-13,18-20,23-24,27H,6-8,10-11,14-17H2,1-5H3;7-17,23H,1-6H3;9-11,14-16,19-20,23H,6-8,12-13H2,1-5H3;8-13,18H,1-7H3/i;;;20D;. The molecular formula is C128H178N10. The van der Waals surface area contributed by atoms with Crippen molar-refractivity contribution >= 4 is 28.4 Å². The van der Waals surface area contributed by atoms with E-state index in [-0.39, 0.29) is 61.1 Å². The summed E-state index contributed by atoms with van der Waals surface area (Å²) in [4.78, 5) is 25.8. The molecule has 740 valence electrons. The highest BCUT2D eigenvalue weighted by Gasteiger charge is 2.62. The quantitative estimate of drug-likeness (QED) is 0.125. The van der Waals surface area contributed by atoms with Gasteiger partial charge in [-0.2, -0.15) is 0 Å². The Morgan fingerprint density at radius 3 is 0.841 bits per heavy atom. The van der Waals surface area contributed by atoms with E-state index >= 15 is 0 Å². The molecule has 6 aromatic carbocycles. The highest BCUT2D eigenvalue weighted by Crippen LogP contribution is 2.66.